The zero-order valence-corrected chi connectivity index (χ0v) is 15.1. The predicted molar refractivity (Wildman–Crippen MR) is 124 cm³/mol. The number of ether oxygens (including phenoxy) is 3. The second-order valence-corrected chi connectivity index (χ2v) is 6.33. The summed E-state index contributed by atoms with van der Waals surface area (Å²) in [5.41, 5.74) is -1.32. The van der Waals surface area contributed by atoms with Gasteiger partial charge in [-0.25, -0.2) is 0 Å². The zero-order valence-electron chi connectivity index (χ0n) is 15.1. The molecule has 0 amide bonds. The molecular formula is C23H50O7. The molecule has 2 aliphatic heterocycles. The first kappa shape index (κ1) is 42.2. The fourth-order valence-corrected chi connectivity index (χ4v) is 3.39. The average Bonchev–Trinajstić information content (AvgIpc) is 3.00. The van der Waals surface area contributed by atoms with Gasteiger partial charge in [-0.3, -0.25) is 19.2 Å². The lowest BCUT2D eigenvalue weighted by Crippen LogP contribution is -2.44. The van der Waals surface area contributed by atoms with Crippen LogP contribution in [0.4, 0.5) is 0 Å². The molecule has 184 valence electrons. The van der Waals surface area contributed by atoms with E-state index < -0.39 is 47.0 Å². The van der Waals surface area contributed by atoms with Crippen molar-refractivity contribution in [3.8, 4) is 0 Å². The van der Waals surface area contributed by atoms with Gasteiger partial charge in [0.2, 0.25) is 0 Å². The van der Waals surface area contributed by atoms with E-state index in [-0.39, 0.29) is 63.5 Å². The first-order valence-corrected chi connectivity index (χ1v) is 8.23. The van der Waals surface area contributed by atoms with Crippen LogP contribution in [-0.4, -0.2) is 37.6 Å². The smallest absolute Gasteiger partial charge is 0.318 e. The molecule has 7 nitrogen and oxygen atoms in total. The van der Waals surface area contributed by atoms with Crippen LogP contribution in [-0.2, 0) is 33.4 Å². The Morgan fingerprint density at radius 2 is 1.43 bits per heavy atom. The van der Waals surface area contributed by atoms with Crippen molar-refractivity contribution in [2.75, 3.05) is 13.7 Å². The second kappa shape index (κ2) is 16.8. The van der Waals surface area contributed by atoms with E-state index in [0.29, 0.717) is 0 Å². The molecule has 0 aliphatic carbocycles. The number of hydrogen-bond acceptors (Lipinski definition) is 7. The maximum Gasteiger partial charge on any atom is 0.318 e. The van der Waals surface area contributed by atoms with Crippen molar-refractivity contribution in [1.82, 2.24) is 0 Å². The van der Waals surface area contributed by atoms with Crippen LogP contribution in [0.1, 0.15) is 85.6 Å². The van der Waals surface area contributed by atoms with Gasteiger partial charge in [-0.15, -0.1) is 0 Å². The van der Waals surface area contributed by atoms with E-state index >= 15 is 0 Å². The summed E-state index contributed by atoms with van der Waals surface area (Å²) in [4.78, 5) is 47.8. The normalized spacial score (nSPS) is 25.2. The van der Waals surface area contributed by atoms with E-state index in [1.54, 1.807) is 0 Å². The number of cyclic esters (lactones) is 3. The van der Waals surface area contributed by atoms with Crippen LogP contribution in [0.15, 0.2) is 0 Å². The molecule has 0 aromatic heterocycles. The first-order valence-electron chi connectivity index (χ1n) is 8.23. The van der Waals surface area contributed by atoms with Gasteiger partial charge in [0.25, 0.3) is 0 Å². The molecule has 0 bridgehead atoms. The lowest BCUT2D eigenvalue weighted by atomic mass is 9.66. The van der Waals surface area contributed by atoms with Crippen LogP contribution in [0.2, 0.25) is 0 Å². The maximum atomic E-state index is 12.3. The Bertz CT molecular complexity index is 530. The summed E-state index contributed by atoms with van der Waals surface area (Å²) >= 11 is 0. The molecule has 2 rings (SSSR count). The van der Waals surface area contributed by atoms with Gasteiger partial charge < -0.3 is 14.2 Å². The van der Waals surface area contributed by atoms with Crippen molar-refractivity contribution < 1.29 is 33.4 Å². The van der Waals surface area contributed by atoms with Gasteiger partial charge in [-0.05, 0) is 13.3 Å². The number of rotatable bonds is 4. The quantitative estimate of drug-likeness (QED) is 0.323. The minimum Gasteiger partial charge on any atom is -0.469 e. The summed E-state index contributed by atoms with van der Waals surface area (Å²) < 4.78 is 14.5. The van der Waals surface area contributed by atoms with E-state index in [1.165, 1.54) is 21.0 Å². The van der Waals surface area contributed by atoms with Crippen molar-refractivity contribution >= 4 is 23.9 Å². The van der Waals surface area contributed by atoms with E-state index in [4.69, 9.17) is 9.47 Å². The van der Waals surface area contributed by atoms with Gasteiger partial charge in [0, 0.05) is 5.92 Å². The first-order chi connectivity index (χ1) is 11.2. The van der Waals surface area contributed by atoms with Gasteiger partial charge in [-0.1, -0.05) is 72.3 Å². The van der Waals surface area contributed by atoms with Gasteiger partial charge >= 0.3 is 23.9 Å². The monoisotopic (exact) mass is 438 g/mol. The molecule has 0 aromatic rings. The van der Waals surface area contributed by atoms with Crippen molar-refractivity contribution in [3.63, 3.8) is 0 Å². The summed E-state index contributed by atoms with van der Waals surface area (Å²) in [6.45, 7) is 9.20. The number of carbonyl (C=O) groups is 4. The molecule has 0 spiro atoms. The molecule has 2 fully saturated rings. The molecular weight excluding hydrogens is 388 g/mol. The molecule has 5 unspecified atom stereocenters. The lowest BCUT2D eigenvalue weighted by molar-refractivity contribution is -0.165. The topological polar surface area (TPSA) is 96.0 Å². The lowest BCUT2D eigenvalue weighted by Gasteiger charge is -2.33. The van der Waals surface area contributed by atoms with Crippen molar-refractivity contribution in [3.05, 3.63) is 0 Å². The van der Waals surface area contributed by atoms with Crippen molar-refractivity contribution in [1.29, 1.82) is 0 Å². The highest BCUT2D eigenvalue weighted by Crippen LogP contribution is 2.46. The fraction of sp³-hybridized carbons (Fsp3) is 0.826. The highest BCUT2D eigenvalue weighted by molar-refractivity contribution is 5.99. The van der Waals surface area contributed by atoms with Crippen molar-refractivity contribution in [2.24, 2.45) is 29.1 Å². The molecule has 0 saturated carbocycles. The van der Waals surface area contributed by atoms with Crippen LogP contribution >= 0.6 is 0 Å². The minimum absolute atomic E-state index is 0. The molecule has 5 atom stereocenters. The summed E-state index contributed by atoms with van der Waals surface area (Å²) in [5.74, 6) is -4.75. The Balaban J connectivity index is -0.000000175. The van der Waals surface area contributed by atoms with Gasteiger partial charge in [0.15, 0.2) is 0 Å². The van der Waals surface area contributed by atoms with Crippen LogP contribution in [0.5, 0.6) is 0 Å². The summed E-state index contributed by atoms with van der Waals surface area (Å²) in [6.07, 6.45) is 0.0804. The summed E-state index contributed by atoms with van der Waals surface area (Å²) in [6, 6.07) is 0. The standard InChI is InChI=1S/C15H20O7.C2H6.6CH4/c1-7-6-21-12(17)9(7)5-15(3,14(19)20-4)10-8(2)11(16)22-13(10)18;1-2;;;;;;/h7-10H,5-6H2,1-4H3;1-2H3;6*1H4. The number of esters is 4. The molecule has 0 aromatic carbocycles. The third-order valence-electron chi connectivity index (χ3n) is 4.79. The molecule has 7 heteroatoms. The van der Waals surface area contributed by atoms with E-state index in [1.807, 2.05) is 20.8 Å². The minimum atomic E-state index is -1.32. The largest absolute Gasteiger partial charge is 0.469 e. The molecule has 30 heavy (non-hydrogen) atoms. The Hall–Kier alpha value is -1.92. The highest BCUT2D eigenvalue weighted by atomic mass is 16.6. The summed E-state index contributed by atoms with van der Waals surface area (Å²) in [7, 11) is 1.21. The summed E-state index contributed by atoms with van der Waals surface area (Å²) in [5, 5.41) is 0. The SMILES string of the molecule is C.C.C.C.C.C.CC.COC(=O)C(C)(CC1C(=O)OCC1C)C1C(=O)OC(=O)C1C. The highest BCUT2D eigenvalue weighted by Gasteiger charge is 2.58. The van der Waals surface area contributed by atoms with E-state index in [9.17, 15) is 19.2 Å². The number of methoxy groups -OCH3 is 1. The predicted octanol–water partition coefficient (Wildman–Crippen LogP) is 5.54. The zero-order chi connectivity index (χ0) is 18.7. The van der Waals surface area contributed by atoms with Gasteiger partial charge in [0.05, 0.1) is 36.9 Å². The van der Waals surface area contributed by atoms with Crippen LogP contribution < -0.4 is 0 Å². The molecule has 2 heterocycles. The molecule has 2 aliphatic rings. The maximum absolute atomic E-state index is 12.3. The Labute approximate surface area is 186 Å². The second-order valence-electron chi connectivity index (χ2n) is 6.33. The molecule has 2 saturated heterocycles. The Morgan fingerprint density at radius 3 is 1.73 bits per heavy atom. The van der Waals surface area contributed by atoms with Crippen LogP contribution in [0, 0.1) is 29.1 Å². The molecule has 0 radical (unpaired) electrons. The van der Waals surface area contributed by atoms with Crippen molar-refractivity contribution in [2.45, 2.75) is 85.6 Å². The van der Waals surface area contributed by atoms with Crippen LogP contribution in [0.25, 0.3) is 0 Å². The Morgan fingerprint density at radius 1 is 0.967 bits per heavy atom. The van der Waals surface area contributed by atoms with Crippen LogP contribution in [0.3, 0.4) is 0 Å². The number of hydrogen-bond donors (Lipinski definition) is 0. The molecule has 0 N–H and O–H groups in total. The third kappa shape index (κ3) is 7.73. The fourth-order valence-electron chi connectivity index (χ4n) is 3.39. The van der Waals surface area contributed by atoms with E-state index in [0.717, 1.165) is 0 Å². The third-order valence-corrected chi connectivity index (χ3v) is 4.79. The van der Waals surface area contributed by atoms with E-state index in [2.05, 4.69) is 4.74 Å². The Kier molecular flexibility index (Phi) is 23.7. The average molecular weight is 439 g/mol. The van der Waals surface area contributed by atoms with Gasteiger partial charge in [0.1, 0.15) is 0 Å². The number of carbonyl (C=O) groups excluding carboxylic acids is 4. The van der Waals surface area contributed by atoms with Gasteiger partial charge in [-0.2, -0.15) is 0 Å².